The number of rotatable bonds is 1. The molecule has 1 rings (SSSR count). The van der Waals surface area contributed by atoms with Gasteiger partial charge in [-0.3, -0.25) is 0 Å². The standard InChI is InChI=1S/C3HN2O3/c6-5(7)3-1-8-2-4-3/h1H. The first-order valence-corrected chi connectivity index (χ1v) is 1.76. The third kappa shape index (κ3) is 0.651. The van der Waals surface area contributed by atoms with Crippen molar-refractivity contribution in [1.29, 1.82) is 0 Å². The molecule has 5 heteroatoms. The predicted octanol–water partition coefficient (Wildman–Crippen LogP) is 0.383. The van der Waals surface area contributed by atoms with Gasteiger partial charge in [0.2, 0.25) is 0 Å². The molecule has 1 radical (unpaired) electrons. The van der Waals surface area contributed by atoms with E-state index in [1.165, 1.54) is 0 Å². The number of hydrogen-bond acceptors (Lipinski definition) is 4. The Labute approximate surface area is 44.1 Å². The molecule has 0 fully saturated rings. The second-order valence-corrected chi connectivity index (χ2v) is 1.05. The lowest BCUT2D eigenvalue weighted by Gasteiger charge is -1.79. The van der Waals surface area contributed by atoms with Crippen molar-refractivity contribution in [2.75, 3.05) is 0 Å². The first-order chi connectivity index (χ1) is 3.80. The topological polar surface area (TPSA) is 69.2 Å². The first-order valence-electron chi connectivity index (χ1n) is 1.76. The summed E-state index contributed by atoms with van der Waals surface area (Å²) in [5.74, 6) is -0.315. The molecule has 41 valence electrons. The summed E-state index contributed by atoms with van der Waals surface area (Å²) in [5.41, 5.74) is 0. The SMILES string of the molecule is O=[N+]([O-])c1co[c]n1. The molecule has 0 aromatic carbocycles. The van der Waals surface area contributed by atoms with E-state index in [0.29, 0.717) is 0 Å². The van der Waals surface area contributed by atoms with Crippen molar-refractivity contribution in [1.82, 2.24) is 4.98 Å². The molecule has 0 bridgehead atoms. The largest absolute Gasteiger partial charge is 0.425 e. The highest BCUT2D eigenvalue weighted by molar-refractivity contribution is 5.06. The van der Waals surface area contributed by atoms with Crippen LogP contribution in [0.4, 0.5) is 5.82 Å². The van der Waals surface area contributed by atoms with Gasteiger partial charge in [0, 0.05) is 4.98 Å². The van der Waals surface area contributed by atoms with Crippen LogP contribution in [0, 0.1) is 16.5 Å². The van der Waals surface area contributed by atoms with Crippen LogP contribution in [0.5, 0.6) is 0 Å². The molecule has 0 amide bonds. The minimum Gasteiger partial charge on any atom is -0.414 e. The van der Waals surface area contributed by atoms with Crippen molar-refractivity contribution in [3.63, 3.8) is 0 Å². The second-order valence-electron chi connectivity index (χ2n) is 1.05. The summed E-state index contributed by atoms with van der Waals surface area (Å²) >= 11 is 0. The molecule has 5 nitrogen and oxygen atoms in total. The van der Waals surface area contributed by atoms with Crippen molar-refractivity contribution < 1.29 is 9.34 Å². The van der Waals surface area contributed by atoms with Gasteiger partial charge in [-0.1, -0.05) is 0 Å². The average molecular weight is 113 g/mol. The lowest BCUT2D eigenvalue weighted by Crippen LogP contribution is -1.85. The molecule has 0 saturated carbocycles. The Morgan fingerprint density at radius 3 is 3.00 bits per heavy atom. The van der Waals surface area contributed by atoms with E-state index < -0.39 is 4.92 Å². The fourth-order valence-corrected chi connectivity index (χ4v) is 0.262. The summed E-state index contributed by atoms with van der Waals surface area (Å²) in [6.45, 7) is 0. The molecule has 0 aliphatic carbocycles. The highest BCUT2D eigenvalue weighted by Gasteiger charge is 2.06. The Kier molecular flexibility index (Phi) is 0.957. The maximum Gasteiger partial charge on any atom is 0.425 e. The van der Waals surface area contributed by atoms with E-state index in [-0.39, 0.29) is 5.82 Å². The molecule has 1 aromatic rings. The van der Waals surface area contributed by atoms with Gasteiger partial charge in [0.15, 0.2) is 6.26 Å². The van der Waals surface area contributed by atoms with Gasteiger partial charge >= 0.3 is 12.2 Å². The van der Waals surface area contributed by atoms with Gasteiger partial charge in [0.05, 0.1) is 0 Å². The minimum atomic E-state index is -0.653. The third-order valence-electron chi connectivity index (χ3n) is 0.564. The fourth-order valence-electron chi connectivity index (χ4n) is 0.262. The van der Waals surface area contributed by atoms with Gasteiger partial charge in [0.25, 0.3) is 0 Å². The third-order valence-corrected chi connectivity index (χ3v) is 0.564. The lowest BCUT2D eigenvalue weighted by molar-refractivity contribution is -0.389. The monoisotopic (exact) mass is 113 g/mol. The molecule has 0 spiro atoms. The van der Waals surface area contributed by atoms with Crippen LogP contribution in [0.1, 0.15) is 0 Å². The van der Waals surface area contributed by atoms with Crippen LogP contribution in [0.2, 0.25) is 0 Å². The highest BCUT2D eigenvalue weighted by atomic mass is 16.6. The number of aromatic nitrogens is 1. The zero-order valence-corrected chi connectivity index (χ0v) is 3.70. The maximum absolute atomic E-state index is 9.73. The zero-order valence-electron chi connectivity index (χ0n) is 3.70. The molecule has 0 unspecified atom stereocenters. The van der Waals surface area contributed by atoms with Crippen molar-refractivity contribution >= 4 is 5.82 Å². The van der Waals surface area contributed by atoms with Gasteiger partial charge in [-0.15, -0.1) is 0 Å². The predicted molar refractivity (Wildman–Crippen MR) is 22.0 cm³/mol. The number of oxazole rings is 1. The number of hydrogen-bond donors (Lipinski definition) is 0. The van der Waals surface area contributed by atoms with Gasteiger partial charge < -0.3 is 14.5 Å². The van der Waals surface area contributed by atoms with E-state index in [1.54, 1.807) is 0 Å². The molecular formula is C3HN2O3. The summed E-state index contributed by atoms with van der Waals surface area (Å²) < 4.78 is 4.20. The van der Waals surface area contributed by atoms with E-state index >= 15 is 0 Å². The van der Waals surface area contributed by atoms with Gasteiger partial charge in [0.1, 0.15) is 0 Å². The highest BCUT2D eigenvalue weighted by Crippen LogP contribution is 2.02. The summed E-state index contributed by atoms with van der Waals surface area (Å²) in [7, 11) is 0. The lowest BCUT2D eigenvalue weighted by atomic mass is 10.8. The molecule has 1 aromatic heterocycles. The normalized spacial score (nSPS) is 9.00. The smallest absolute Gasteiger partial charge is 0.414 e. The molecule has 0 atom stereocenters. The van der Waals surface area contributed by atoms with Crippen LogP contribution in [0.3, 0.4) is 0 Å². The zero-order chi connectivity index (χ0) is 5.98. The Morgan fingerprint density at radius 2 is 2.75 bits per heavy atom. The minimum absolute atomic E-state index is 0.315. The number of nitro groups is 1. The molecular weight excluding hydrogens is 112 g/mol. The van der Waals surface area contributed by atoms with Crippen molar-refractivity contribution in [3.8, 4) is 0 Å². The number of nitrogens with zero attached hydrogens (tertiary/aromatic N) is 2. The summed E-state index contributed by atoms with van der Waals surface area (Å²) in [6.07, 6.45) is 2.86. The summed E-state index contributed by atoms with van der Waals surface area (Å²) in [5, 5.41) is 9.73. The van der Waals surface area contributed by atoms with Crippen LogP contribution in [-0.2, 0) is 0 Å². The van der Waals surface area contributed by atoms with Crippen molar-refractivity contribution in [2.45, 2.75) is 0 Å². The van der Waals surface area contributed by atoms with Crippen molar-refractivity contribution in [3.05, 3.63) is 22.8 Å². The average Bonchev–Trinajstić information content (AvgIpc) is 2.12. The quantitative estimate of drug-likeness (QED) is 0.390. The van der Waals surface area contributed by atoms with Gasteiger partial charge in [-0.05, 0) is 4.92 Å². The van der Waals surface area contributed by atoms with E-state index in [4.69, 9.17) is 0 Å². The van der Waals surface area contributed by atoms with E-state index in [2.05, 4.69) is 9.40 Å². The first kappa shape index (κ1) is 4.76. The molecule has 0 saturated heterocycles. The van der Waals surface area contributed by atoms with Crippen LogP contribution in [0.15, 0.2) is 10.7 Å². The molecule has 0 aliphatic rings. The Hall–Kier alpha value is -1.39. The summed E-state index contributed by atoms with van der Waals surface area (Å²) in [4.78, 5) is 12.2. The summed E-state index contributed by atoms with van der Waals surface area (Å²) in [6, 6.07) is 0. The Morgan fingerprint density at radius 1 is 2.00 bits per heavy atom. The van der Waals surface area contributed by atoms with Crippen LogP contribution < -0.4 is 0 Å². The fraction of sp³-hybridized carbons (Fsp3) is 0. The Bertz CT molecular complexity index is 180. The molecule has 0 aliphatic heterocycles. The van der Waals surface area contributed by atoms with E-state index in [0.717, 1.165) is 6.26 Å². The van der Waals surface area contributed by atoms with Crippen molar-refractivity contribution in [2.24, 2.45) is 0 Å². The van der Waals surface area contributed by atoms with Gasteiger partial charge in [-0.2, -0.15) is 0 Å². The molecule has 0 N–H and O–H groups in total. The maximum atomic E-state index is 9.73. The Balaban J connectivity index is 2.93. The van der Waals surface area contributed by atoms with Gasteiger partial charge in [-0.25, -0.2) is 0 Å². The van der Waals surface area contributed by atoms with Crippen LogP contribution in [-0.4, -0.2) is 9.91 Å². The van der Waals surface area contributed by atoms with Crippen LogP contribution in [0.25, 0.3) is 0 Å². The van der Waals surface area contributed by atoms with E-state index in [1.807, 2.05) is 6.39 Å². The second kappa shape index (κ2) is 1.61. The van der Waals surface area contributed by atoms with E-state index in [9.17, 15) is 10.1 Å². The van der Waals surface area contributed by atoms with Crippen LogP contribution >= 0.6 is 0 Å². The molecule has 8 heavy (non-hydrogen) atoms. The molecule has 1 heterocycles.